The Hall–Kier alpha value is -2.44. The van der Waals surface area contributed by atoms with Gasteiger partial charge in [-0.05, 0) is 63.9 Å². The van der Waals surface area contributed by atoms with E-state index in [4.69, 9.17) is 4.74 Å². The van der Waals surface area contributed by atoms with Gasteiger partial charge in [0.15, 0.2) is 5.78 Å². The lowest BCUT2D eigenvalue weighted by Crippen LogP contribution is -3.15. The number of quaternary nitrogens is 1. The normalized spacial score (nSPS) is 19.7. The number of hydrogen-bond donors (Lipinski definition) is 1. The lowest BCUT2D eigenvalue weighted by molar-refractivity contribution is -0.892. The van der Waals surface area contributed by atoms with Gasteiger partial charge in [-0.15, -0.1) is 0 Å². The van der Waals surface area contributed by atoms with E-state index in [1.54, 1.807) is 6.92 Å². The highest BCUT2D eigenvalue weighted by Crippen LogP contribution is 2.20. The Labute approximate surface area is 184 Å². The second-order valence-electron chi connectivity index (χ2n) is 8.97. The molecule has 3 heterocycles. The number of nitrogens with one attached hydrogen (secondary N) is 1. The Bertz CT molecular complexity index is 934. The highest BCUT2D eigenvalue weighted by molar-refractivity contribution is 5.98. The van der Waals surface area contributed by atoms with Crippen molar-refractivity contribution in [3.05, 3.63) is 52.8 Å². The fraction of sp³-hybridized carbons (Fsp3) is 0.520. The first-order valence-electron chi connectivity index (χ1n) is 11.4. The van der Waals surface area contributed by atoms with Gasteiger partial charge in [-0.1, -0.05) is 0 Å². The van der Waals surface area contributed by atoms with Crippen LogP contribution < -0.4 is 9.80 Å². The molecule has 0 saturated carbocycles. The molecule has 0 amide bonds. The van der Waals surface area contributed by atoms with E-state index < -0.39 is 0 Å². The van der Waals surface area contributed by atoms with Gasteiger partial charge in [-0.2, -0.15) is 0 Å². The number of aryl methyl sites for hydroxylation is 1. The number of piperazine rings is 1. The Kier molecular flexibility index (Phi) is 6.58. The molecule has 1 aromatic heterocycles. The lowest BCUT2D eigenvalue weighted by Gasteiger charge is -2.33. The molecule has 1 aromatic carbocycles. The van der Waals surface area contributed by atoms with E-state index >= 15 is 0 Å². The number of rotatable bonds is 7. The van der Waals surface area contributed by atoms with Crippen LogP contribution in [-0.4, -0.2) is 61.6 Å². The molecule has 0 unspecified atom stereocenters. The molecule has 2 fully saturated rings. The third-order valence-electron chi connectivity index (χ3n) is 6.80. The summed E-state index contributed by atoms with van der Waals surface area (Å²) in [5, 5.41) is 0. The number of anilines is 1. The highest BCUT2D eigenvalue weighted by atomic mass is 16.5. The maximum absolute atomic E-state index is 13.1. The minimum atomic E-state index is 0.0921. The van der Waals surface area contributed by atoms with Crippen LogP contribution in [-0.2, 0) is 11.3 Å². The number of Topliss-reactive ketones (excluding diaryl/α,β-unsaturated/α-hetero) is 2. The third-order valence-corrected chi connectivity index (χ3v) is 6.80. The number of nitrogens with zero attached hydrogens (tertiary/aromatic N) is 2. The molecule has 0 bridgehead atoms. The highest BCUT2D eigenvalue weighted by Gasteiger charge is 2.26. The molecule has 2 aliphatic rings. The summed E-state index contributed by atoms with van der Waals surface area (Å²) in [6, 6.07) is 9.89. The van der Waals surface area contributed by atoms with Crippen molar-refractivity contribution >= 4 is 17.3 Å². The Morgan fingerprint density at radius 3 is 2.45 bits per heavy atom. The van der Waals surface area contributed by atoms with Crippen molar-refractivity contribution in [2.45, 2.75) is 46.3 Å². The van der Waals surface area contributed by atoms with Crippen LogP contribution >= 0.6 is 0 Å². The molecule has 0 spiro atoms. The second kappa shape index (κ2) is 9.37. The molecule has 1 atom stereocenters. The largest absolute Gasteiger partial charge is 0.376 e. The van der Waals surface area contributed by atoms with Crippen LogP contribution in [0.25, 0.3) is 0 Å². The zero-order valence-electron chi connectivity index (χ0n) is 18.9. The van der Waals surface area contributed by atoms with Crippen molar-refractivity contribution in [3.8, 4) is 0 Å². The molecule has 4 rings (SSSR count). The monoisotopic (exact) mass is 424 g/mol. The van der Waals surface area contributed by atoms with Gasteiger partial charge < -0.3 is 19.1 Å². The average Bonchev–Trinajstić information content (AvgIpc) is 3.38. The first-order valence-corrected chi connectivity index (χ1v) is 11.4. The van der Waals surface area contributed by atoms with Gasteiger partial charge in [0, 0.05) is 41.4 Å². The minimum absolute atomic E-state index is 0.0921. The van der Waals surface area contributed by atoms with Gasteiger partial charge in [0.2, 0.25) is 5.78 Å². The summed E-state index contributed by atoms with van der Waals surface area (Å²) < 4.78 is 8.04. The smallest absolute Gasteiger partial charge is 0.218 e. The van der Waals surface area contributed by atoms with Crippen molar-refractivity contribution in [1.82, 2.24) is 4.57 Å². The van der Waals surface area contributed by atoms with Crippen LogP contribution in [0.1, 0.15) is 51.9 Å². The van der Waals surface area contributed by atoms with E-state index in [1.807, 2.05) is 24.3 Å². The van der Waals surface area contributed by atoms with Crippen LogP contribution in [0, 0.1) is 13.8 Å². The van der Waals surface area contributed by atoms with Gasteiger partial charge in [-0.3, -0.25) is 9.59 Å². The molecular weight excluding hydrogens is 390 g/mol. The maximum Gasteiger partial charge on any atom is 0.218 e. The number of aromatic nitrogens is 1. The maximum atomic E-state index is 13.1. The molecular formula is C25H34N3O3+. The van der Waals surface area contributed by atoms with Gasteiger partial charge in [0.05, 0.1) is 32.3 Å². The van der Waals surface area contributed by atoms with Gasteiger partial charge in [0.1, 0.15) is 6.54 Å². The van der Waals surface area contributed by atoms with Gasteiger partial charge >= 0.3 is 0 Å². The Morgan fingerprint density at radius 2 is 1.84 bits per heavy atom. The van der Waals surface area contributed by atoms with E-state index in [0.717, 1.165) is 80.4 Å². The predicted octanol–water partition coefficient (Wildman–Crippen LogP) is 2.07. The zero-order valence-corrected chi connectivity index (χ0v) is 18.9. The Morgan fingerprint density at radius 1 is 1.13 bits per heavy atom. The van der Waals surface area contributed by atoms with Crippen LogP contribution in [0.4, 0.5) is 5.69 Å². The van der Waals surface area contributed by atoms with E-state index in [9.17, 15) is 9.59 Å². The number of carbonyl (C=O) groups excluding carboxylic acids is 2. The first kappa shape index (κ1) is 21.8. The van der Waals surface area contributed by atoms with Crippen molar-refractivity contribution in [2.24, 2.45) is 0 Å². The predicted molar refractivity (Wildman–Crippen MR) is 121 cm³/mol. The molecule has 2 aliphatic heterocycles. The second-order valence-corrected chi connectivity index (χ2v) is 8.97. The summed E-state index contributed by atoms with van der Waals surface area (Å²) in [6.45, 7) is 11.7. The molecule has 6 heteroatoms. The fourth-order valence-corrected chi connectivity index (χ4v) is 4.84. The summed E-state index contributed by atoms with van der Waals surface area (Å²) >= 11 is 0. The molecule has 6 nitrogen and oxygen atoms in total. The quantitative estimate of drug-likeness (QED) is 0.692. The number of ether oxygens (including phenoxy) is 1. The van der Waals surface area contributed by atoms with Crippen LogP contribution in [0.15, 0.2) is 30.3 Å². The first-order chi connectivity index (χ1) is 14.9. The average molecular weight is 425 g/mol. The summed E-state index contributed by atoms with van der Waals surface area (Å²) in [5.41, 5.74) is 4.97. The molecule has 166 valence electrons. The summed E-state index contributed by atoms with van der Waals surface area (Å²) in [6.07, 6.45) is 2.51. The number of benzene rings is 1. The van der Waals surface area contributed by atoms with Crippen molar-refractivity contribution in [3.63, 3.8) is 0 Å². The minimum Gasteiger partial charge on any atom is -0.376 e. The van der Waals surface area contributed by atoms with E-state index in [2.05, 4.69) is 29.4 Å². The topological polar surface area (TPSA) is 56.0 Å². The number of ketones is 2. The van der Waals surface area contributed by atoms with E-state index in [0.29, 0.717) is 6.54 Å². The standard InChI is InChI=1S/C25H33N3O3/c1-18-15-24(19(2)28(18)16-23-5-4-14-31-23)25(30)17-26-10-12-27(13-11-26)22-8-6-21(7-9-22)20(3)29/h6-9,15,23H,4-5,10-14,16-17H2,1-3H3/p+1/t23-/m0/s1. The molecule has 0 radical (unpaired) electrons. The van der Waals surface area contributed by atoms with E-state index in [-0.39, 0.29) is 17.7 Å². The van der Waals surface area contributed by atoms with E-state index in [1.165, 1.54) is 4.90 Å². The molecule has 31 heavy (non-hydrogen) atoms. The summed E-state index contributed by atoms with van der Waals surface area (Å²) in [4.78, 5) is 28.2. The van der Waals surface area contributed by atoms with Crippen LogP contribution in [0.5, 0.6) is 0 Å². The fourth-order valence-electron chi connectivity index (χ4n) is 4.84. The SMILES string of the molecule is CC(=O)c1ccc(N2CC[NH+](CC(=O)c3cc(C)n(C[C@@H]4CCCO4)c3C)CC2)cc1. The molecule has 2 saturated heterocycles. The molecule has 2 aromatic rings. The molecule has 0 aliphatic carbocycles. The van der Waals surface area contributed by atoms with Crippen molar-refractivity contribution in [2.75, 3.05) is 44.2 Å². The lowest BCUT2D eigenvalue weighted by atomic mass is 10.1. The Balaban J connectivity index is 1.33. The zero-order chi connectivity index (χ0) is 22.0. The summed E-state index contributed by atoms with van der Waals surface area (Å²) in [7, 11) is 0. The number of hydrogen-bond acceptors (Lipinski definition) is 4. The van der Waals surface area contributed by atoms with Crippen LogP contribution in [0.3, 0.4) is 0 Å². The number of carbonyl (C=O) groups is 2. The third kappa shape index (κ3) is 4.91. The van der Waals surface area contributed by atoms with Crippen molar-refractivity contribution in [1.29, 1.82) is 0 Å². The molecule has 1 N–H and O–H groups in total. The van der Waals surface area contributed by atoms with Gasteiger partial charge in [0.25, 0.3) is 0 Å². The van der Waals surface area contributed by atoms with Crippen LogP contribution in [0.2, 0.25) is 0 Å². The van der Waals surface area contributed by atoms with Gasteiger partial charge in [-0.25, -0.2) is 0 Å². The van der Waals surface area contributed by atoms with Crippen molar-refractivity contribution < 1.29 is 19.2 Å². The summed E-state index contributed by atoms with van der Waals surface area (Å²) in [5.74, 6) is 0.329.